The van der Waals surface area contributed by atoms with Crippen LogP contribution >= 0.6 is 15.9 Å². The van der Waals surface area contributed by atoms with E-state index in [1.165, 1.54) is 4.57 Å². The van der Waals surface area contributed by atoms with Crippen molar-refractivity contribution in [1.29, 1.82) is 0 Å². The van der Waals surface area contributed by atoms with Crippen LogP contribution in [0.1, 0.15) is 24.9 Å². The van der Waals surface area contributed by atoms with Gasteiger partial charge in [-0.2, -0.15) is 0 Å². The van der Waals surface area contributed by atoms with Crippen LogP contribution < -0.4 is 16.4 Å². The zero-order chi connectivity index (χ0) is 20.3. The van der Waals surface area contributed by atoms with E-state index in [4.69, 9.17) is 4.42 Å². The van der Waals surface area contributed by atoms with Crippen LogP contribution in [0.15, 0.2) is 56.1 Å². The van der Waals surface area contributed by atoms with Crippen molar-refractivity contribution in [2.24, 2.45) is 0 Å². The molecule has 2 aromatic carbocycles. The summed E-state index contributed by atoms with van der Waals surface area (Å²) in [7, 11) is 0. The minimum absolute atomic E-state index is 0.117. The maximum atomic E-state index is 12.4. The van der Waals surface area contributed by atoms with Gasteiger partial charge in [0.25, 0.3) is 0 Å². The SMILES string of the molecule is Cc1ccc(Br)cc1NC(=O)CCNC(=O)C(C)n1c(=O)oc2ccccc21. The van der Waals surface area contributed by atoms with Crippen LogP contribution in [-0.2, 0) is 9.59 Å². The highest BCUT2D eigenvalue weighted by atomic mass is 79.9. The normalized spacial score (nSPS) is 12.0. The fourth-order valence-electron chi connectivity index (χ4n) is 2.86. The van der Waals surface area contributed by atoms with Gasteiger partial charge in [0.2, 0.25) is 11.8 Å². The molecular formula is C20H20BrN3O4. The number of halogens is 1. The highest BCUT2D eigenvalue weighted by Gasteiger charge is 2.21. The van der Waals surface area contributed by atoms with Crippen molar-refractivity contribution in [2.75, 3.05) is 11.9 Å². The van der Waals surface area contributed by atoms with E-state index in [0.29, 0.717) is 11.1 Å². The maximum absolute atomic E-state index is 12.4. The largest absolute Gasteiger partial charge is 0.420 e. The monoisotopic (exact) mass is 445 g/mol. The first-order valence-electron chi connectivity index (χ1n) is 8.80. The first kappa shape index (κ1) is 19.9. The molecule has 0 aliphatic heterocycles. The molecule has 0 saturated heterocycles. The summed E-state index contributed by atoms with van der Waals surface area (Å²) in [5.41, 5.74) is 2.64. The molecule has 2 N–H and O–H groups in total. The van der Waals surface area contributed by atoms with Crippen LogP contribution in [0.2, 0.25) is 0 Å². The molecule has 0 bridgehead atoms. The molecule has 0 spiro atoms. The number of nitrogens with zero attached hydrogens (tertiary/aromatic N) is 1. The Hall–Kier alpha value is -2.87. The van der Waals surface area contributed by atoms with E-state index in [1.807, 2.05) is 25.1 Å². The van der Waals surface area contributed by atoms with E-state index in [0.717, 1.165) is 15.7 Å². The van der Waals surface area contributed by atoms with Gasteiger partial charge in [-0.3, -0.25) is 14.2 Å². The second-order valence-electron chi connectivity index (χ2n) is 6.43. The van der Waals surface area contributed by atoms with Gasteiger partial charge in [-0.25, -0.2) is 4.79 Å². The second-order valence-corrected chi connectivity index (χ2v) is 7.35. The Kier molecular flexibility index (Phi) is 5.99. The Morgan fingerprint density at radius 3 is 2.75 bits per heavy atom. The van der Waals surface area contributed by atoms with Crippen LogP contribution in [0.3, 0.4) is 0 Å². The molecule has 3 rings (SSSR count). The van der Waals surface area contributed by atoms with E-state index in [1.54, 1.807) is 31.2 Å². The molecule has 28 heavy (non-hydrogen) atoms. The molecule has 1 atom stereocenters. The lowest BCUT2D eigenvalue weighted by Crippen LogP contribution is -2.35. The molecule has 0 radical (unpaired) electrons. The topological polar surface area (TPSA) is 93.3 Å². The van der Waals surface area contributed by atoms with Gasteiger partial charge in [-0.15, -0.1) is 0 Å². The van der Waals surface area contributed by atoms with Crippen LogP contribution in [0.4, 0.5) is 5.69 Å². The number of hydrogen-bond acceptors (Lipinski definition) is 4. The number of oxazole rings is 1. The highest BCUT2D eigenvalue weighted by molar-refractivity contribution is 9.10. The third-order valence-corrected chi connectivity index (χ3v) is 4.90. The highest BCUT2D eigenvalue weighted by Crippen LogP contribution is 2.20. The molecule has 8 heteroatoms. The average molecular weight is 446 g/mol. The zero-order valence-electron chi connectivity index (χ0n) is 15.5. The number of rotatable bonds is 6. The van der Waals surface area contributed by atoms with Crippen molar-refractivity contribution < 1.29 is 14.0 Å². The van der Waals surface area contributed by atoms with Gasteiger partial charge >= 0.3 is 5.76 Å². The van der Waals surface area contributed by atoms with E-state index in [2.05, 4.69) is 26.6 Å². The standard InChI is InChI=1S/C20H20BrN3O4/c1-12-7-8-14(21)11-15(12)23-18(25)9-10-22-19(26)13(2)24-16-5-3-4-6-17(16)28-20(24)27/h3-8,11,13H,9-10H2,1-2H3,(H,22,26)(H,23,25). The van der Waals surface area contributed by atoms with Gasteiger partial charge < -0.3 is 15.1 Å². The number of para-hydroxylation sites is 2. The minimum atomic E-state index is -0.758. The van der Waals surface area contributed by atoms with Crippen molar-refractivity contribution in [2.45, 2.75) is 26.3 Å². The van der Waals surface area contributed by atoms with Gasteiger partial charge in [0.15, 0.2) is 5.58 Å². The molecule has 7 nitrogen and oxygen atoms in total. The lowest BCUT2D eigenvalue weighted by atomic mass is 10.2. The Labute approximate surface area is 169 Å². The number of amides is 2. The predicted molar refractivity (Wildman–Crippen MR) is 110 cm³/mol. The first-order valence-corrected chi connectivity index (χ1v) is 9.60. The number of hydrogen-bond donors (Lipinski definition) is 2. The van der Waals surface area contributed by atoms with E-state index in [-0.39, 0.29) is 24.8 Å². The Morgan fingerprint density at radius 2 is 1.96 bits per heavy atom. The van der Waals surface area contributed by atoms with Crippen LogP contribution in [0.25, 0.3) is 11.1 Å². The van der Waals surface area contributed by atoms with Gasteiger partial charge in [-0.05, 0) is 43.7 Å². The predicted octanol–water partition coefficient (Wildman–Crippen LogP) is 3.37. The summed E-state index contributed by atoms with van der Waals surface area (Å²) in [5, 5.41) is 5.52. The number of aromatic nitrogens is 1. The minimum Gasteiger partial charge on any atom is -0.408 e. The number of carbonyl (C=O) groups excluding carboxylic acids is 2. The average Bonchev–Trinajstić information content (AvgIpc) is 2.99. The van der Waals surface area contributed by atoms with Crippen molar-refractivity contribution in [3.8, 4) is 0 Å². The number of anilines is 1. The fraction of sp³-hybridized carbons (Fsp3) is 0.250. The first-order chi connectivity index (χ1) is 13.4. The van der Waals surface area contributed by atoms with Crippen molar-refractivity contribution >= 4 is 44.5 Å². The lowest BCUT2D eigenvalue weighted by molar-refractivity contribution is -0.124. The van der Waals surface area contributed by atoms with Gasteiger partial charge in [0.1, 0.15) is 6.04 Å². The molecule has 0 fully saturated rings. The molecule has 1 aromatic heterocycles. The van der Waals surface area contributed by atoms with E-state index < -0.39 is 11.8 Å². The third-order valence-electron chi connectivity index (χ3n) is 4.41. The van der Waals surface area contributed by atoms with E-state index >= 15 is 0 Å². The molecular weight excluding hydrogens is 426 g/mol. The Morgan fingerprint density at radius 1 is 1.21 bits per heavy atom. The van der Waals surface area contributed by atoms with Crippen molar-refractivity contribution in [3.63, 3.8) is 0 Å². The molecule has 3 aromatic rings. The summed E-state index contributed by atoms with van der Waals surface area (Å²) in [6.45, 7) is 3.68. The summed E-state index contributed by atoms with van der Waals surface area (Å²) in [4.78, 5) is 36.6. The summed E-state index contributed by atoms with van der Waals surface area (Å²) in [6.07, 6.45) is 0.117. The van der Waals surface area contributed by atoms with Crippen LogP contribution in [0, 0.1) is 6.92 Å². The fourth-order valence-corrected chi connectivity index (χ4v) is 3.22. The Bertz CT molecular complexity index is 1090. The molecule has 2 amide bonds. The van der Waals surface area contributed by atoms with Gasteiger partial charge in [0, 0.05) is 23.1 Å². The van der Waals surface area contributed by atoms with Crippen LogP contribution in [-0.4, -0.2) is 22.9 Å². The van der Waals surface area contributed by atoms with Crippen LogP contribution in [0.5, 0.6) is 0 Å². The van der Waals surface area contributed by atoms with Crippen molar-refractivity contribution in [3.05, 3.63) is 63.1 Å². The molecule has 1 unspecified atom stereocenters. The quantitative estimate of drug-likeness (QED) is 0.607. The zero-order valence-corrected chi connectivity index (χ0v) is 17.1. The number of nitrogens with one attached hydrogen (secondary N) is 2. The molecule has 0 saturated carbocycles. The number of carbonyl (C=O) groups is 2. The van der Waals surface area contributed by atoms with Gasteiger partial charge in [-0.1, -0.05) is 34.1 Å². The maximum Gasteiger partial charge on any atom is 0.420 e. The number of aryl methyl sites for hydroxylation is 1. The smallest absolute Gasteiger partial charge is 0.408 e. The molecule has 1 heterocycles. The van der Waals surface area contributed by atoms with Gasteiger partial charge in [0.05, 0.1) is 5.52 Å². The molecule has 0 aliphatic carbocycles. The van der Waals surface area contributed by atoms with Crippen molar-refractivity contribution in [1.82, 2.24) is 9.88 Å². The lowest BCUT2D eigenvalue weighted by Gasteiger charge is -2.13. The summed E-state index contributed by atoms with van der Waals surface area (Å²) in [6, 6.07) is 11.8. The number of benzene rings is 2. The molecule has 0 aliphatic rings. The third kappa shape index (κ3) is 4.33. The Balaban J connectivity index is 1.58. The number of fused-ring (bicyclic) bond motifs is 1. The van der Waals surface area contributed by atoms with E-state index in [9.17, 15) is 14.4 Å². The summed E-state index contributed by atoms with van der Waals surface area (Å²) in [5.74, 6) is -1.16. The second kappa shape index (κ2) is 8.43. The summed E-state index contributed by atoms with van der Waals surface area (Å²) >= 11 is 3.37. The molecule has 146 valence electrons. The summed E-state index contributed by atoms with van der Waals surface area (Å²) < 4.78 is 7.33.